The Balaban J connectivity index is 1.74. The fourth-order valence-electron chi connectivity index (χ4n) is 2.13. The van der Waals surface area contributed by atoms with Crippen LogP contribution in [0.5, 0.6) is 0 Å². The van der Waals surface area contributed by atoms with Crippen molar-refractivity contribution in [1.82, 2.24) is 10.1 Å². The summed E-state index contributed by atoms with van der Waals surface area (Å²) in [6.45, 7) is 5.14. The SMILES string of the molecule is Cc1noc(NCC2CCC(C)CC2)n1. The van der Waals surface area contributed by atoms with Crippen molar-refractivity contribution in [2.24, 2.45) is 11.8 Å². The number of hydrogen-bond donors (Lipinski definition) is 1. The van der Waals surface area contributed by atoms with Crippen molar-refractivity contribution in [1.29, 1.82) is 0 Å². The number of rotatable bonds is 3. The average Bonchev–Trinajstić information content (AvgIpc) is 2.64. The van der Waals surface area contributed by atoms with Crippen molar-refractivity contribution in [2.45, 2.75) is 39.5 Å². The maximum absolute atomic E-state index is 5.00. The predicted octanol–water partition coefficient (Wildman–Crippen LogP) is 2.62. The van der Waals surface area contributed by atoms with Crippen LogP contribution in [0.3, 0.4) is 0 Å². The third kappa shape index (κ3) is 2.94. The maximum Gasteiger partial charge on any atom is 0.321 e. The second-order valence-electron chi connectivity index (χ2n) is 4.65. The average molecular weight is 209 g/mol. The summed E-state index contributed by atoms with van der Waals surface area (Å²) < 4.78 is 5.00. The molecule has 1 N–H and O–H groups in total. The highest BCUT2D eigenvalue weighted by atomic mass is 16.5. The zero-order chi connectivity index (χ0) is 10.7. The van der Waals surface area contributed by atoms with E-state index in [0.29, 0.717) is 11.8 Å². The molecule has 1 fully saturated rings. The summed E-state index contributed by atoms with van der Waals surface area (Å²) in [5.41, 5.74) is 0. The van der Waals surface area contributed by atoms with Crippen LogP contribution in [0, 0.1) is 18.8 Å². The summed E-state index contributed by atoms with van der Waals surface area (Å²) in [7, 11) is 0. The molecule has 0 atom stereocenters. The summed E-state index contributed by atoms with van der Waals surface area (Å²) in [5.74, 6) is 2.37. The van der Waals surface area contributed by atoms with E-state index in [1.165, 1.54) is 25.7 Å². The van der Waals surface area contributed by atoms with Crippen LogP contribution in [0.1, 0.15) is 38.4 Å². The molecule has 1 saturated carbocycles. The number of anilines is 1. The van der Waals surface area contributed by atoms with Gasteiger partial charge in [-0.3, -0.25) is 0 Å². The molecule has 0 amide bonds. The number of hydrogen-bond acceptors (Lipinski definition) is 4. The molecule has 1 heterocycles. The van der Waals surface area contributed by atoms with E-state index >= 15 is 0 Å². The van der Waals surface area contributed by atoms with Gasteiger partial charge in [-0.15, -0.1) is 0 Å². The highest BCUT2D eigenvalue weighted by Gasteiger charge is 2.18. The first-order valence-electron chi connectivity index (χ1n) is 5.78. The molecule has 2 rings (SSSR count). The lowest BCUT2D eigenvalue weighted by molar-refractivity contribution is 0.298. The summed E-state index contributed by atoms with van der Waals surface area (Å²) in [6.07, 6.45) is 5.35. The van der Waals surface area contributed by atoms with Crippen LogP contribution in [0.4, 0.5) is 6.01 Å². The molecule has 1 aromatic rings. The molecule has 0 spiro atoms. The van der Waals surface area contributed by atoms with Gasteiger partial charge >= 0.3 is 6.01 Å². The third-order valence-corrected chi connectivity index (χ3v) is 3.20. The largest absolute Gasteiger partial charge is 0.337 e. The molecule has 1 aliphatic carbocycles. The van der Waals surface area contributed by atoms with Crippen molar-refractivity contribution < 1.29 is 4.52 Å². The predicted molar refractivity (Wildman–Crippen MR) is 58.6 cm³/mol. The molecule has 1 aliphatic rings. The van der Waals surface area contributed by atoms with Crippen molar-refractivity contribution in [3.05, 3.63) is 5.82 Å². The quantitative estimate of drug-likeness (QED) is 0.831. The molecule has 0 aliphatic heterocycles. The standard InChI is InChI=1S/C11H19N3O/c1-8-3-5-10(6-4-8)7-12-11-13-9(2)14-15-11/h8,10H,3-7H2,1-2H3,(H,12,13,14). The molecule has 1 aromatic heterocycles. The van der Waals surface area contributed by atoms with Crippen molar-refractivity contribution >= 4 is 6.01 Å². The molecule has 0 radical (unpaired) electrons. The van der Waals surface area contributed by atoms with Crippen LogP contribution < -0.4 is 5.32 Å². The fourth-order valence-corrected chi connectivity index (χ4v) is 2.13. The topological polar surface area (TPSA) is 51.0 Å². The van der Waals surface area contributed by atoms with Gasteiger partial charge in [-0.25, -0.2) is 0 Å². The molecular weight excluding hydrogens is 190 g/mol. The van der Waals surface area contributed by atoms with E-state index < -0.39 is 0 Å². The zero-order valence-corrected chi connectivity index (χ0v) is 9.49. The Morgan fingerprint density at radius 2 is 2.07 bits per heavy atom. The van der Waals surface area contributed by atoms with Crippen LogP contribution in [0.25, 0.3) is 0 Å². The van der Waals surface area contributed by atoms with Gasteiger partial charge in [0, 0.05) is 6.54 Å². The second kappa shape index (κ2) is 4.64. The van der Waals surface area contributed by atoms with E-state index in [4.69, 9.17) is 4.52 Å². The monoisotopic (exact) mass is 209 g/mol. The van der Waals surface area contributed by atoms with E-state index in [9.17, 15) is 0 Å². The van der Waals surface area contributed by atoms with Crippen LogP contribution >= 0.6 is 0 Å². The van der Waals surface area contributed by atoms with Gasteiger partial charge in [-0.05, 0) is 31.6 Å². The molecule has 4 heteroatoms. The Kier molecular flexibility index (Phi) is 3.23. The second-order valence-corrected chi connectivity index (χ2v) is 4.65. The van der Waals surface area contributed by atoms with Gasteiger partial charge in [0.1, 0.15) is 0 Å². The minimum absolute atomic E-state index is 0.561. The third-order valence-electron chi connectivity index (χ3n) is 3.20. The van der Waals surface area contributed by atoms with E-state index in [1.807, 2.05) is 6.92 Å². The molecule has 0 saturated heterocycles. The first-order chi connectivity index (χ1) is 7.24. The van der Waals surface area contributed by atoms with Crippen LogP contribution in [0.15, 0.2) is 4.52 Å². The van der Waals surface area contributed by atoms with Gasteiger partial charge in [0.05, 0.1) is 0 Å². The van der Waals surface area contributed by atoms with Crippen molar-refractivity contribution in [3.8, 4) is 0 Å². The Hall–Kier alpha value is -1.06. The number of nitrogens with zero attached hydrogens (tertiary/aromatic N) is 2. The smallest absolute Gasteiger partial charge is 0.321 e. The van der Waals surface area contributed by atoms with E-state index in [2.05, 4.69) is 22.4 Å². The summed E-state index contributed by atoms with van der Waals surface area (Å²) >= 11 is 0. The summed E-state index contributed by atoms with van der Waals surface area (Å²) in [4.78, 5) is 4.12. The van der Waals surface area contributed by atoms with Crippen molar-refractivity contribution in [2.75, 3.05) is 11.9 Å². The Bertz CT molecular complexity index is 303. The maximum atomic E-state index is 5.00. The summed E-state index contributed by atoms with van der Waals surface area (Å²) in [5, 5.41) is 6.95. The summed E-state index contributed by atoms with van der Waals surface area (Å²) in [6, 6.07) is 0.561. The Morgan fingerprint density at radius 3 is 2.67 bits per heavy atom. The lowest BCUT2D eigenvalue weighted by Gasteiger charge is -2.25. The molecule has 15 heavy (non-hydrogen) atoms. The zero-order valence-electron chi connectivity index (χ0n) is 9.49. The molecule has 84 valence electrons. The van der Waals surface area contributed by atoms with Gasteiger partial charge in [0.25, 0.3) is 0 Å². The van der Waals surface area contributed by atoms with Crippen LogP contribution in [-0.2, 0) is 0 Å². The molecule has 0 bridgehead atoms. The van der Waals surface area contributed by atoms with Crippen molar-refractivity contribution in [3.63, 3.8) is 0 Å². The Morgan fingerprint density at radius 1 is 1.33 bits per heavy atom. The fraction of sp³-hybridized carbons (Fsp3) is 0.818. The van der Waals surface area contributed by atoms with Gasteiger partial charge in [-0.2, -0.15) is 4.98 Å². The number of nitrogens with one attached hydrogen (secondary N) is 1. The molecule has 0 aromatic carbocycles. The van der Waals surface area contributed by atoms with Gasteiger partial charge in [-0.1, -0.05) is 24.9 Å². The minimum Gasteiger partial charge on any atom is -0.337 e. The highest BCUT2D eigenvalue weighted by molar-refractivity contribution is 5.17. The molecule has 0 unspecified atom stereocenters. The lowest BCUT2D eigenvalue weighted by atomic mass is 9.83. The van der Waals surface area contributed by atoms with E-state index in [1.54, 1.807) is 0 Å². The normalized spacial score (nSPS) is 26.5. The lowest BCUT2D eigenvalue weighted by Crippen LogP contribution is -2.20. The molecular formula is C11H19N3O. The molecule has 4 nitrogen and oxygen atoms in total. The first-order valence-corrected chi connectivity index (χ1v) is 5.78. The van der Waals surface area contributed by atoms with E-state index in [0.717, 1.165) is 18.4 Å². The highest BCUT2D eigenvalue weighted by Crippen LogP contribution is 2.28. The van der Waals surface area contributed by atoms with Crippen LogP contribution in [0.2, 0.25) is 0 Å². The van der Waals surface area contributed by atoms with Crippen LogP contribution in [-0.4, -0.2) is 16.7 Å². The minimum atomic E-state index is 0.561. The van der Waals surface area contributed by atoms with E-state index in [-0.39, 0.29) is 0 Å². The number of aryl methyl sites for hydroxylation is 1. The van der Waals surface area contributed by atoms with Gasteiger partial charge in [0.2, 0.25) is 0 Å². The van der Waals surface area contributed by atoms with Gasteiger partial charge < -0.3 is 9.84 Å². The number of aromatic nitrogens is 2. The first kappa shape index (κ1) is 10.5. The van der Waals surface area contributed by atoms with Gasteiger partial charge in [0.15, 0.2) is 5.82 Å². The Labute approximate surface area is 90.4 Å².